The monoisotopic (exact) mass is 243 g/mol. The molecule has 1 aliphatic carbocycles. The SMILES string of the molecule is CC1(C)C(O)CC1Oc1cnc2ccccc2c1. The summed E-state index contributed by atoms with van der Waals surface area (Å²) in [4.78, 5) is 4.37. The molecule has 3 rings (SSSR count). The maximum Gasteiger partial charge on any atom is 0.138 e. The summed E-state index contributed by atoms with van der Waals surface area (Å²) in [6, 6.07) is 9.97. The Hall–Kier alpha value is -1.61. The first-order chi connectivity index (χ1) is 8.57. The lowest BCUT2D eigenvalue weighted by Crippen LogP contribution is -2.56. The van der Waals surface area contributed by atoms with Crippen LogP contribution in [0.3, 0.4) is 0 Å². The Morgan fingerprint density at radius 1 is 1.33 bits per heavy atom. The number of aliphatic hydroxyl groups is 1. The molecule has 2 unspecified atom stereocenters. The molecular formula is C15H17NO2. The van der Waals surface area contributed by atoms with Gasteiger partial charge in [0.25, 0.3) is 0 Å². The zero-order chi connectivity index (χ0) is 12.8. The van der Waals surface area contributed by atoms with Gasteiger partial charge in [-0.1, -0.05) is 32.0 Å². The zero-order valence-corrected chi connectivity index (χ0v) is 10.6. The summed E-state index contributed by atoms with van der Waals surface area (Å²) in [5.74, 6) is 0.777. The molecule has 1 fully saturated rings. The van der Waals surface area contributed by atoms with E-state index < -0.39 is 0 Å². The van der Waals surface area contributed by atoms with Gasteiger partial charge in [0.05, 0.1) is 17.8 Å². The smallest absolute Gasteiger partial charge is 0.138 e. The van der Waals surface area contributed by atoms with Crippen molar-refractivity contribution >= 4 is 10.9 Å². The van der Waals surface area contributed by atoms with E-state index in [2.05, 4.69) is 4.98 Å². The molecule has 0 amide bonds. The number of nitrogens with zero attached hydrogens (tertiary/aromatic N) is 1. The Labute approximate surface area is 106 Å². The number of benzene rings is 1. The second-order valence-electron chi connectivity index (χ2n) is 5.54. The molecule has 0 bridgehead atoms. The van der Waals surface area contributed by atoms with Crippen LogP contribution in [-0.4, -0.2) is 22.3 Å². The summed E-state index contributed by atoms with van der Waals surface area (Å²) >= 11 is 0. The van der Waals surface area contributed by atoms with Crippen molar-refractivity contribution in [2.75, 3.05) is 0 Å². The Bertz CT molecular complexity index is 579. The number of aromatic nitrogens is 1. The van der Waals surface area contributed by atoms with Crippen molar-refractivity contribution in [3.05, 3.63) is 36.5 Å². The van der Waals surface area contributed by atoms with Crippen LogP contribution in [0.15, 0.2) is 36.5 Å². The van der Waals surface area contributed by atoms with Gasteiger partial charge in [0.1, 0.15) is 11.9 Å². The highest BCUT2D eigenvalue weighted by Crippen LogP contribution is 2.42. The van der Waals surface area contributed by atoms with Gasteiger partial charge in [0.15, 0.2) is 0 Å². The van der Waals surface area contributed by atoms with Crippen LogP contribution in [0, 0.1) is 5.41 Å². The summed E-state index contributed by atoms with van der Waals surface area (Å²) in [5, 5.41) is 10.8. The Kier molecular flexibility index (Phi) is 2.52. The molecule has 1 aliphatic rings. The van der Waals surface area contributed by atoms with Gasteiger partial charge in [-0.3, -0.25) is 4.98 Å². The van der Waals surface area contributed by atoms with Crippen molar-refractivity contribution in [2.24, 2.45) is 5.41 Å². The van der Waals surface area contributed by atoms with Gasteiger partial charge in [-0.05, 0) is 12.1 Å². The van der Waals surface area contributed by atoms with Crippen molar-refractivity contribution in [1.82, 2.24) is 4.98 Å². The maximum atomic E-state index is 9.70. The Morgan fingerprint density at radius 3 is 2.83 bits per heavy atom. The van der Waals surface area contributed by atoms with Crippen molar-refractivity contribution in [2.45, 2.75) is 32.5 Å². The van der Waals surface area contributed by atoms with Crippen molar-refractivity contribution in [1.29, 1.82) is 0 Å². The summed E-state index contributed by atoms with van der Waals surface area (Å²) in [7, 11) is 0. The van der Waals surface area contributed by atoms with Gasteiger partial charge in [0.2, 0.25) is 0 Å². The van der Waals surface area contributed by atoms with Gasteiger partial charge >= 0.3 is 0 Å². The fourth-order valence-corrected chi connectivity index (χ4v) is 2.34. The van der Waals surface area contributed by atoms with E-state index in [0.717, 1.165) is 16.7 Å². The molecular weight excluding hydrogens is 226 g/mol. The molecule has 2 aromatic rings. The highest BCUT2D eigenvalue weighted by molar-refractivity contribution is 5.79. The number of rotatable bonds is 2. The summed E-state index contributed by atoms with van der Waals surface area (Å²) in [6.45, 7) is 4.06. The van der Waals surface area contributed by atoms with Gasteiger partial charge in [-0.2, -0.15) is 0 Å². The number of hydrogen-bond donors (Lipinski definition) is 1. The van der Waals surface area contributed by atoms with Crippen molar-refractivity contribution < 1.29 is 9.84 Å². The van der Waals surface area contributed by atoms with Crippen LogP contribution in [0.25, 0.3) is 10.9 Å². The van der Waals surface area contributed by atoms with E-state index in [-0.39, 0.29) is 17.6 Å². The quantitative estimate of drug-likeness (QED) is 0.882. The van der Waals surface area contributed by atoms with E-state index in [9.17, 15) is 5.11 Å². The third-order valence-corrected chi connectivity index (χ3v) is 3.97. The van der Waals surface area contributed by atoms with Crippen molar-refractivity contribution in [3.63, 3.8) is 0 Å². The zero-order valence-electron chi connectivity index (χ0n) is 10.6. The van der Waals surface area contributed by atoms with Gasteiger partial charge in [-0.15, -0.1) is 0 Å². The molecule has 0 spiro atoms. The second-order valence-corrected chi connectivity index (χ2v) is 5.54. The number of para-hydroxylation sites is 1. The maximum absolute atomic E-state index is 9.70. The molecule has 1 N–H and O–H groups in total. The molecule has 0 aliphatic heterocycles. The van der Waals surface area contributed by atoms with E-state index in [4.69, 9.17) is 4.74 Å². The van der Waals surface area contributed by atoms with Gasteiger partial charge < -0.3 is 9.84 Å². The third-order valence-electron chi connectivity index (χ3n) is 3.97. The number of ether oxygens (including phenoxy) is 1. The molecule has 18 heavy (non-hydrogen) atoms. The predicted octanol–water partition coefficient (Wildman–Crippen LogP) is 2.77. The first kappa shape index (κ1) is 11.5. The lowest BCUT2D eigenvalue weighted by atomic mass is 9.66. The van der Waals surface area contributed by atoms with Crippen LogP contribution >= 0.6 is 0 Å². The molecule has 1 saturated carbocycles. The number of fused-ring (bicyclic) bond motifs is 1. The van der Waals surface area contributed by atoms with Crippen molar-refractivity contribution in [3.8, 4) is 5.75 Å². The predicted molar refractivity (Wildman–Crippen MR) is 70.6 cm³/mol. The van der Waals surface area contributed by atoms with Gasteiger partial charge in [0, 0.05) is 17.2 Å². The minimum atomic E-state index is -0.268. The normalized spacial score (nSPS) is 25.7. The fourth-order valence-electron chi connectivity index (χ4n) is 2.34. The van der Waals surface area contributed by atoms with E-state index in [0.29, 0.717) is 6.42 Å². The van der Waals surface area contributed by atoms with E-state index in [1.807, 2.05) is 44.2 Å². The van der Waals surface area contributed by atoms with Crippen LogP contribution in [0.5, 0.6) is 5.75 Å². The Morgan fingerprint density at radius 2 is 2.11 bits per heavy atom. The summed E-state index contributed by atoms with van der Waals surface area (Å²) in [5.41, 5.74) is 0.795. The lowest BCUT2D eigenvalue weighted by Gasteiger charge is -2.48. The van der Waals surface area contributed by atoms with Crippen LogP contribution in [-0.2, 0) is 0 Å². The molecule has 3 nitrogen and oxygen atoms in total. The summed E-state index contributed by atoms with van der Waals surface area (Å²) < 4.78 is 5.92. The average molecular weight is 243 g/mol. The third kappa shape index (κ3) is 1.75. The van der Waals surface area contributed by atoms with E-state index >= 15 is 0 Å². The molecule has 1 aromatic heterocycles. The largest absolute Gasteiger partial charge is 0.488 e. The molecule has 94 valence electrons. The molecule has 1 heterocycles. The van der Waals surface area contributed by atoms with E-state index in [1.54, 1.807) is 6.20 Å². The lowest BCUT2D eigenvalue weighted by molar-refractivity contribution is -0.134. The minimum absolute atomic E-state index is 0.0652. The fraction of sp³-hybridized carbons (Fsp3) is 0.400. The topological polar surface area (TPSA) is 42.4 Å². The minimum Gasteiger partial charge on any atom is -0.488 e. The molecule has 0 saturated heterocycles. The summed E-state index contributed by atoms with van der Waals surface area (Å²) in [6.07, 6.45) is 2.24. The highest BCUT2D eigenvalue weighted by Gasteiger charge is 2.49. The second kappa shape index (κ2) is 3.95. The van der Waals surface area contributed by atoms with Crippen LogP contribution in [0.4, 0.5) is 0 Å². The molecule has 3 heteroatoms. The van der Waals surface area contributed by atoms with Gasteiger partial charge in [-0.25, -0.2) is 0 Å². The first-order valence-corrected chi connectivity index (χ1v) is 6.27. The van der Waals surface area contributed by atoms with Crippen LogP contribution < -0.4 is 4.74 Å². The van der Waals surface area contributed by atoms with Crippen LogP contribution in [0.2, 0.25) is 0 Å². The average Bonchev–Trinajstić information content (AvgIpc) is 2.38. The molecule has 0 radical (unpaired) electrons. The molecule has 2 atom stereocenters. The Balaban J connectivity index is 1.83. The number of pyridine rings is 1. The molecule has 1 aromatic carbocycles. The first-order valence-electron chi connectivity index (χ1n) is 6.27. The number of aliphatic hydroxyl groups excluding tert-OH is 1. The standard InChI is InChI=1S/C15H17NO2/c1-15(2)13(17)8-14(15)18-11-7-10-5-3-4-6-12(10)16-9-11/h3-7,9,13-14,17H,8H2,1-2H3. The number of hydrogen-bond acceptors (Lipinski definition) is 3. The van der Waals surface area contributed by atoms with E-state index in [1.165, 1.54) is 0 Å². The highest BCUT2D eigenvalue weighted by atomic mass is 16.5. The van der Waals surface area contributed by atoms with Crippen LogP contribution in [0.1, 0.15) is 20.3 Å².